The number of carbonyl (C=O) groups is 2. The molecule has 1 aromatic rings. The fourth-order valence-corrected chi connectivity index (χ4v) is 0.698. The normalized spacial score (nSPS) is 10.9. The fourth-order valence-electron chi connectivity index (χ4n) is 0.698. The molecule has 1 amide bonds. The topological polar surface area (TPSA) is 68.5 Å². The molecule has 0 aliphatic heterocycles. The predicted molar refractivity (Wildman–Crippen MR) is 51.7 cm³/mol. The first kappa shape index (κ1) is 11.3. The minimum Gasteiger partial charge on any atom is -0.472 e. The van der Waals surface area contributed by atoms with Crippen molar-refractivity contribution in [1.82, 2.24) is 5.48 Å². The molecule has 0 aliphatic rings. The molecule has 0 aliphatic carbocycles. The Balaban J connectivity index is 2.45. The highest BCUT2D eigenvalue weighted by molar-refractivity contribution is 5.93. The summed E-state index contributed by atoms with van der Waals surface area (Å²) in [6, 6.07) is 1.47. The van der Waals surface area contributed by atoms with Crippen LogP contribution in [-0.2, 0) is 9.63 Å². The van der Waals surface area contributed by atoms with Gasteiger partial charge in [0.25, 0.3) is 5.91 Å². The lowest BCUT2D eigenvalue weighted by Gasteiger charge is -2.15. The number of carbonyl (C=O) groups excluding carboxylic acids is 2. The summed E-state index contributed by atoms with van der Waals surface area (Å²) in [5.74, 6) is -1.01. The third-order valence-corrected chi connectivity index (χ3v) is 1.63. The Morgan fingerprint density at radius 2 is 2.07 bits per heavy atom. The van der Waals surface area contributed by atoms with E-state index >= 15 is 0 Å². The van der Waals surface area contributed by atoms with Gasteiger partial charge in [-0.15, -0.1) is 0 Å². The Hall–Kier alpha value is -1.78. The SMILES string of the molecule is CC(C)(C)C(=O)ONC(=O)c1ccoc1. The van der Waals surface area contributed by atoms with Crippen molar-refractivity contribution in [2.75, 3.05) is 0 Å². The van der Waals surface area contributed by atoms with Crippen LogP contribution in [-0.4, -0.2) is 11.9 Å². The zero-order chi connectivity index (χ0) is 11.5. The van der Waals surface area contributed by atoms with Gasteiger partial charge >= 0.3 is 5.97 Å². The zero-order valence-electron chi connectivity index (χ0n) is 8.87. The second-order valence-corrected chi connectivity index (χ2v) is 4.08. The van der Waals surface area contributed by atoms with E-state index in [0.29, 0.717) is 5.56 Å². The van der Waals surface area contributed by atoms with E-state index in [0.717, 1.165) is 0 Å². The molecule has 0 aromatic carbocycles. The molecular weight excluding hydrogens is 198 g/mol. The second-order valence-electron chi connectivity index (χ2n) is 4.08. The quantitative estimate of drug-likeness (QED) is 0.715. The second kappa shape index (κ2) is 4.16. The lowest BCUT2D eigenvalue weighted by Crippen LogP contribution is -2.33. The Morgan fingerprint density at radius 3 is 2.53 bits per heavy atom. The van der Waals surface area contributed by atoms with Crippen LogP contribution in [0, 0.1) is 5.41 Å². The van der Waals surface area contributed by atoms with Crippen molar-refractivity contribution in [3.63, 3.8) is 0 Å². The highest BCUT2D eigenvalue weighted by Gasteiger charge is 2.24. The Bertz CT molecular complexity index is 348. The summed E-state index contributed by atoms with van der Waals surface area (Å²) in [6.45, 7) is 5.08. The molecule has 0 atom stereocenters. The Morgan fingerprint density at radius 1 is 1.40 bits per heavy atom. The number of furan rings is 1. The molecule has 0 spiro atoms. The number of hydroxylamine groups is 1. The minimum absolute atomic E-state index is 0.303. The van der Waals surface area contributed by atoms with E-state index in [4.69, 9.17) is 4.42 Å². The zero-order valence-corrected chi connectivity index (χ0v) is 8.87. The summed E-state index contributed by atoms with van der Waals surface area (Å²) >= 11 is 0. The highest BCUT2D eigenvalue weighted by Crippen LogP contribution is 2.14. The van der Waals surface area contributed by atoms with E-state index in [1.54, 1.807) is 20.8 Å². The molecule has 0 bridgehead atoms. The van der Waals surface area contributed by atoms with Crippen LogP contribution >= 0.6 is 0 Å². The minimum atomic E-state index is -0.649. The van der Waals surface area contributed by atoms with Crippen molar-refractivity contribution in [1.29, 1.82) is 0 Å². The molecule has 0 fully saturated rings. The van der Waals surface area contributed by atoms with Gasteiger partial charge in [-0.2, -0.15) is 5.48 Å². The van der Waals surface area contributed by atoms with Crippen LogP contribution in [0.4, 0.5) is 0 Å². The Labute approximate surface area is 87.4 Å². The van der Waals surface area contributed by atoms with Gasteiger partial charge < -0.3 is 9.25 Å². The molecule has 0 unspecified atom stereocenters. The molecule has 1 heterocycles. The van der Waals surface area contributed by atoms with Crippen molar-refractivity contribution in [3.8, 4) is 0 Å². The monoisotopic (exact) mass is 211 g/mol. The highest BCUT2D eigenvalue weighted by atomic mass is 16.7. The van der Waals surface area contributed by atoms with E-state index in [-0.39, 0.29) is 0 Å². The van der Waals surface area contributed by atoms with Crippen molar-refractivity contribution < 1.29 is 18.8 Å². The van der Waals surface area contributed by atoms with Crippen LogP contribution in [0.1, 0.15) is 31.1 Å². The average Bonchev–Trinajstić information content (AvgIpc) is 2.64. The van der Waals surface area contributed by atoms with Gasteiger partial charge in [0.1, 0.15) is 6.26 Å². The standard InChI is InChI=1S/C10H13NO4/c1-10(2,3)9(13)15-11-8(12)7-4-5-14-6-7/h4-6H,1-3H3,(H,11,12). The number of nitrogens with one attached hydrogen (secondary N) is 1. The van der Waals surface area contributed by atoms with Gasteiger partial charge in [0.2, 0.25) is 0 Å². The maximum atomic E-state index is 11.3. The summed E-state index contributed by atoms with van der Waals surface area (Å²) < 4.78 is 4.71. The van der Waals surface area contributed by atoms with Gasteiger partial charge in [-0.1, -0.05) is 0 Å². The maximum absolute atomic E-state index is 11.3. The van der Waals surface area contributed by atoms with E-state index in [2.05, 4.69) is 4.84 Å². The van der Waals surface area contributed by atoms with Crippen LogP contribution in [0.2, 0.25) is 0 Å². The largest absolute Gasteiger partial charge is 0.472 e. The van der Waals surface area contributed by atoms with Gasteiger partial charge in [0.05, 0.1) is 17.2 Å². The third-order valence-electron chi connectivity index (χ3n) is 1.63. The predicted octanol–water partition coefficient (Wildman–Crippen LogP) is 1.51. The van der Waals surface area contributed by atoms with Gasteiger partial charge in [-0.3, -0.25) is 4.79 Å². The van der Waals surface area contributed by atoms with E-state index in [9.17, 15) is 9.59 Å². The number of rotatable bonds is 1. The summed E-state index contributed by atoms with van der Waals surface area (Å²) in [4.78, 5) is 27.2. The van der Waals surface area contributed by atoms with Crippen LogP contribution in [0.25, 0.3) is 0 Å². The van der Waals surface area contributed by atoms with Gasteiger partial charge in [0, 0.05) is 0 Å². The number of hydrogen-bond donors (Lipinski definition) is 1. The van der Waals surface area contributed by atoms with E-state index in [1.165, 1.54) is 18.6 Å². The first-order valence-electron chi connectivity index (χ1n) is 4.45. The van der Waals surface area contributed by atoms with E-state index < -0.39 is 17.3 Å². The van der Waals surface area contributed by atoms with Crippen molar-refractivity contribution in [2.45, 2.75) is 20.8 Å². The molecular formula is C10H13NO4. The van der Waals surface area contributed by atoms with Crippen LogP contribution in [0.15, 0.2) is 23.0 Å². The summed E-state index contributed by atoms with van der Waals surface area (Å²) in [5, 5.41) is 0. The summed E-state index contributed by atoms with van der Waals surface area (Å²) in [6.07, 6.45) is 2.63. The van der Waals surface area contributed by atoms with Crippen LogP contribution in [0.5, 0.6) is 0 Å². The first-order chi connectivity index (χ1) is 6.91. The van der Waals surface area contributed by atoms with Crippen molar-refractivity contribution in [2.24, 2.45) is 5.41 Å². The van der Waals surface area contributed by atoms with Crippen molar-refractivity contribution >= 4 is 11.9 Å². The lowest BCUT2D eigenvalue weighted by atomic mass is 9.98. The lowest BCUT2D eigenvalue weighted by molar-refractivity contribution is -0.158. The fraction of sp³-hybridized carbons (Fsp3) is 0.400. The first-order valence-corrected chi connectivity index (χ1v) is 4.45. The van der Waals surface area contributed by atoms with Gasteiger partial charge in [-0.25, -0.2) is 4.79 Å². The third kappa shape index (κ3) is 3.12. The smallest absolute Gasteiger partial charge is 0.337 e. The van der Waals surface area contributed by atoms with Crippen LogP contribution < -0.4 is 5.48 Å². The van der Waals surface area contributed by atoms with Gasteiger partial charge in [0.15, 0.2) is 0 Å². The molecule has 0 radical (unpaired) electrons. The Kier molecular flexibility index (Phi) is 3.14. The van der Waals surface area contributed by atoms with E-state index in [1.807, 2.05) is 5.48 Å². The van der Waals surface area contributed by atoms with Gasteiger partial charge in [-0.05, 0) is 26.8 Å². The molecule has 5 nitrogen and oxygen atoms in total. The molecule has 1 aromatic heterocycles. The summed E-state index contributed by atoms with van der Waals surface area (Å²) in [5.41, 5.74) is 1.70. The molecule has 1 N–H and O–H groups in total. The van der Waals surface area contributed by atoms with Crippen LogP contribution in [0.3, 0.4) is 0 Å². The molecule has 1 rings (SSSR count). The molecule has 82 valence electrons. The molecule has 15 heavy (non-hydrogen) atoms. The molecule has 0 saturated heterocycles. The number of amides is 1. The molecule has 0 saturated carbocycles. The molecule has 5 heteroatoms. The number of hydrogen-bond acceptors (Lipinski definition) is 4. The maximum Gasteiger partial charge on any atom is 0.337 e. The average molecular weight is 211 g/mol. The summed E-state index contributed by atoms with van der Waals surface area (Å²) in [7, 11) is 0. The van der Waals surface area contributed by atoms with Crippen molar-refractivity contribution in [3.05, 3.63) is 24.2 Å².